The molecule has 0 atom stereocenters. The van der Waals surface area contributed by atoms with Crippen LogP contribution in [-0.4, -0.2) is 25.2 Å². The molecule has 0 aromatic heterocycles. The van der Waals surface area contributed by atoms with E-state index in [1.54, 1.807) is 25.3 Å². The number of likely N-dealkylation sites (N-methyl/N-ethyl adjacent to an activating group) is 1. The van der Waals surface area contributed by atoms with Gasteiger partial charge in [0.25, 0.3) is 0 Å². The highest BCUT2D eigenvalue weighted by Crippen LogP contribution is 2.05. The van der Waals surface area contributed by atoms with Gasteiger partial charge in [-0.3, -0.25) is 4.90 Å². The molecule has 0 radical (unpaired) electrons. The molecular formula is C14H27NO2. The number of methoxy groups -OCH3 is 1. The molecule has 0 aliphatic carbocycles. The fraction of sp³-hybridized carbons (Fsp3) is 0.500. The summed E-state index contributed by atoms with van der Waals surface area (Å²) < 4.78 is 4.56. The van der Waals surface area contributed by atoms with Crippen LogP contribution in [0.25, 0.3) is 0 Å². The lowest BCUT2D eigenvalue weighted by molar-refractivity contribution is 0.144. The SMILES string of the molecule is C=C/C=C(\C=C/C)N(C)C(=O)OC.CC.CC. The van der Waals surface area contributed by atoms with Gasteiger partial charge in [0.1, 0.15) is 0 Å². The summed E-state index contributed by atoms with van der Waals surface area (Å²) >= 11 is 0. The number of hydrogen-bond acceptors (Lipinski definition) is 2. The largest absolute Gasteiger partial charge is 0.452 e. The fourth-order valence-electron chi connectivity index (χ4n) is 0.813. The number of carbonyl (C=O) groups excluding carboxylic acids is 1. The first-order valence-electron chi connectivity index (χ1n) is 5.94. The Kier molecular flexibility index (Phi) is 20.7. The van der Waals surface area contributed by atoms with Crippen LogP contribution in [0.5, 0.6) is 0 Å². The topological polar surface area (TPSA) is 29.5 Å². The first kappa shape index (κ1) is 20.8. The van der Waals surface area contributed by atoms with Gasteiger partial charge in [-0.2, -0.15) is 0 Å². The number of hydrogen-bond donors (Lipinski definition) is 0. The Morgan fingerprint density at radius 1 is 1.24 bits per heavy atom. The number of nitrogens with zero attached hydrogens (tertiary/aromatic N) is 1. The molecule has 0 aromatic rings. The van der Waals surface area contributed by atoms with Crippen molar-refractivity contribution in [3.63, 3.8) is 0 Å². The van der Waals surface area contributed by atoms with Gasteiger partial charge in [-0.15, -0.1) is 0 Å². The van der Waals surface area contributed by atoms with E-state index in [0.29, 0.717) is 0 Å². The van der Waals surface area contributed by atoms with Crippen LogP contribution in [0.2, 0.25) is 0 Å². The number of rotatable bonds is 3. The summed E-state index contributed by atoms with van der Waals surface area (Å²) in [5.74, 6) is 0. The molecule has 0 saturated heterocycles. The van der Waals surface area contributed by atoms with Crippen molar-refractivity contribution in [3.8, 4) is 0 Å². The van der Waals surface area contributed by atoms with Gasteiger partial charge in [0, 0.05) is 12.7 Å². The summed E-state index contributed by atoms with van der Waals surface area (Å²) in [5, 5.41) is 0. The van der Waals surface area contributed by atoms with Crippen LogP contribution in [0.4, 0.5) is 4.79 Å². The minimum absolute atomic E-state index is 0.397. The zero-order valence-corrected chi connectivity index (χ0v) is 12.3. The first-order chi connectivity index (χ1) is 8.17. The van der Waals surface area contributed by atoms with Crippen LogP contribution in [0.3, 0.4) is 0 Å². The quantitative estimate of drug-likeness (QED) is 0.686. The van der Waals surface area contributed by atoms with E-state index in [9.17, 15) is 4.79 Å². The van der Waals surface area contributed by atoms with Crippen molar-refractivity contribution >= 4 is 6.09 Å². The lowest BCUT2D eigenvalue weighted by atomic mass is 10.3. The second-order valence-corrected chi connectivity index (χ2v) is 2.36. The van der Waals surface area contributed by atoms with Crippen LogP contribution in [-0.2, 0) is 4.74 Å². The first-order valence-corrected chi connectivity index (χ1v) is 5.94. The highest BCUT2D eigenvalue weighted by atomic mass is 16.5. The summed E-state index contributed by atoms with van der Waals surface area (Å²) in [6.07, 6.45) is 6.60. The minimum atomic E-state index is -0.397. The second kappa shape index (κ2) is 16.9. The summed E-state index contributed by atoms with van der Waals surface area (Å²) in [6, 6.07) is 0. The van der Waals surface area contributed by atoms with Crippen molar-refractivity contribution in [1.29, 1.82) is 0 Å². The van der Waals surface area contributed by atoms with Crippen LogP contribution < -0.4 is 0 Å². The van der Waals surface area contributed by atoms with Gasteiger partial charge in [0.15, 0.2) is 0 Å². The molecule has 0 aliphatic rings. The lowest BCUT2D eigenvalue weighted by Crippen LogP contribution is -2.24. The molecule has 0 N–H and O–H groups in total. The highest BCUT2D eigenvalue weighted by molar-refractivity contribution is 5.70. The molecule has 0 spiro atoms. The molecule has 0 aliphatic heterocycles. The smallest absolute Gasteiger partial charge is 0.413 e. The number of allylic oxidation sites excluding steroid dienone is 4. The lowest BCUT2D eigenvalue weighted by Gasteiger charge is -2.15. The van der Waals surface area contributed by atoms with Crippen molar-refractivity contribution < 1.29 is 9.53 Å². The molecule has 0 unspecified atom stereocenters. The Labute approximate surface area is 106 Å². The Balaban J connectivity index is -0.000000439. The van der Waals surface area contributed by atoms with E-state index in [-0.39, 0.29) is 0 Å². The van der Waals surface area contributed by atoms with Gasteiger partial charge in [0.2, 0.25) is 0 Å². The van der Waals surface area contributed by atoms with Gasteiger partial charge in [0.05, 0.1) is 7.11 Å². The number of carbonyl (C=O) groups is 1. The van der Waals surface area contributed by atoms with Gasteiger partial charge >= 0.3 is 6.09 Å². The van der Waals surface area contributed by atoms with Gasteiger partial charge in [-0.25, -0.2) is 4.79 Å². The normalized spacial score (nSPS) is 9.47. The van der Waals surface area contributed by atoms with Crippen molar-refractivity contribution in [2.75, 3.05) is 14.2 Å². The molecule has 0 aromatic carbocycles. The third kappa shape index (κ3) is 10.8. The maximum Gasteiger partial charge on any atom is 0.413 e. The Morgan fingerprint density at radius 3 is 2.00 bits per heavy atom. The van der Waals surface area contributed by atoms with Crippen LogP contribution in [0.1, 0.15) is 34.6 Å². The zero-order chi connectivity index (χ0) is 14.3. The maximum absolute atomic E-state index is 11.1. The summed E-state index contributed by atoms with van der Waals surface area (Å²) in [4.78, 5) is 12.5. The molecular weight excluding hydrogens is 214 g/mol. The van der Waals surface area contributed by atoms with Crippen molar-refractivity contribution in [2.24, 2.45) is 0 Å². The summed E-state index contributed by atoms with van der Waals surface area (Å²) in [5.41, 5.74) is 0.740. The van der Waals surface area contributed by atoms with Gasteiger partial charge in [-0.05, 0) is 19.1 Å². The molecule has 0 fully saturated rings. The monoisotopic (exact) mass is 241 g/mol. The third-order valence-corrected chi connectivity index (χ3v) is 1.46. The van der Waals surface area contributed by atoms with Crippen molar-refractivity contribution in [2.45, 2.75) is 34.6 Å². The molecule has 100 valence electrons. The molecule has 1 amide bonds. The predicted octanol–water partition coefficient (Wildman–Crippen LogP) is 4.38. The van der Waals surface area contributed by atoms with Crippen molar-refractivity contribution in [1.82, 2.24) is 4.90 Å². The minimum Gasteiger partial charge on any atom is -0.452 e. The molecule has 0 saturated carbocycles. The molecule has 3 heteroatoms. The average Bonchev–Trinajstić information content (AvgIpc) is 2.41. The Morgan fingerprint density at radius 2 is 1.71 bits per heavy atom. The average molecular weight is 241 g/mol. The van der Waals surface area contributed by atoms with Crippen LogP contribution >= 0.6 is 0 Å². The van der Waals surface area contributed by atoms with Crippen molar-refractivity contribution in [3.05, 3.63) is 36.6 Å². The zero-order valence-electron chi connectivity index (χ0n) is 12.3. The van der Waals surface area contributed by atoms with E-state index in [4.69, 9.17) is 0 Å². The highest BCUT2D eigenvalue weighted by Gasteiger charge is 2.09. The number of ether oxygens (including phenoxy) is 1. The van der Waals surface area contributed by atoms with E-state index >= 15 is 0 Å². The summed E-state index contributed by atoms with van der Waals surface area (Å²) in [6.45, 7) is 13.4. The Bertz CT molecular complexity index is 243. The Hall–Kier alpha value is -1.51. The molecule has 0 rings (SSSR count). The van der Waals surface area contributed by atoms with E-state index in [0.717, 1.165) is 5.70 Å². The predicted molar refractivity (Wildman–Crippen MR) is 76.0 cm³/mol. The second-order valence-electron chi connectivity index (χ2n) is 2.36. The molecule has 0 bridgehead atoms. The van der Waals surface area contributed by atoms with Gasteiger partial charge in [-0.1, -0.05) is 46.4 Å². The van der Waals surface area contributed by atoms with E-state index in [1.807, 2.05) is 40.7 Å². The molecule has 17 heavy (non-hydrogen) atoms. The summed E-state index contributed by atoms with van der Waals surface area (Å²) in [7, 11) is 2.99. The molecule has 3 nitrogen and oxygen atoms in total. The standard InChI is InChI=1S/C10H15NO2.2C2H6/c1-5-7-9(8-6-2)11(3)10(12)13-4;2*1-2/h5-8H,1H2,2-4H3;2*1-2H3/b8-6-,9-7+;;. The number of amides is 1. The van der Waals surface area contributed by atoms with E-state index < -0.39 is 6.09 Å². The van der Waals surface area contributed by atoms with E-state index in [1.165, 1.54) is 12.0 Å². The maximum atomic E-state index is 11.1. The van der Waals surface area contributed by atoms with E-state index in [2.05, 4.69) is 11.3 Å². The van der Waals surface area contributed by atoms with Crippen LogP contribution in [0.15, 0.2) is 36.6 Å². The van der Waals surface area contributed by atoms with Crippen LogP contribution in [0, 0.1) is 0 Å². The third-order valence-electron chi connectivity index (χ3n) is 1.46. The fourth-order valence-corrected chi connectivity index (χ4v) is 0.813. The van der Waals surface area contributed by atoms with Gasteiger partial charge < -0.3 is 4.74 Å². The molecule has 0 heterocycles.